The maximum Gasteiger partial charge on any atom is 0.417 e. The average molecular weight is 511 g/mol. The van der Waals surface area contributed by atoms with E-state index in [9.17, 15) is 26.7 Å². The lowest BCUT2D eigenvalue weighted by molar-refractivity contribution is -0.275. The number of pyridine rings is 1. The molecular formula is C24H22F5N3O4. The molecular weight excluding hydrogens is 489 g/mol. The first-order chi connectivity index (χ1) is 16.9. The van der Waals surface area contributed by atoms with Gasteiger partial charge in [0, 0.05) is 29.2 Å². The van der Waals surface area contributed by atoms with Crippen LogP contribution in [0.5, 0.6) is 5.75 Å². The van der Waals surface area contributed by atoms with Crippen molar-refractivity contribution < 1.29 is 41.0 Å². The molecule has 1 N–H and O–H groups in total. The van der Waals surface area contributed by atoms with Crippen LogP contribution in [0.3, 0.4) is 0 Å². The third-order valence-corrected chi connectivity index (χ3v) is 6.64. The van der Waals surface area contributed by atoms with Gasteiger partial charge in [0.15, 0.2) is 17.2 Å². The number of esters is 1. The molecule has 192 valence electrons. The Bertz CT molecular complexity index is 1290. The van der Waals surface area contributed by atoms with Gasteiger partial charge >= 0.3 is 12.1 Å². The van der Waals surface area contributed by atoms with E-state index in [1.807, 2.05) is 0 Å². The maximum atomic E-state index is 14.5. The number of methoxy groups -OCH3 is 2. The van der Waals surface area contributed by atoms with Crippen molar-refractivity contribution in [2.24, 2.45) is 5.92 Å². The Morgan fingerprint density at radius 3 is 2.53 bits per heavy atom. The van der Waals surface area contributed by atoms with Crippen LogP contribution >= 0.6 is 0 Å². The number of imidazole rings is 1. The molecule has 1 saturated heterocycles. The van der Waals surface area contributed by atoms with Crippen molar-refractivity contribution in [3.8, 4) is 17.0 Å². The summed E-state index contributed by atoms with van der Waals surface area (Å²) in [6.45, 7) is 2.24. The molecule has 0 saturated carbocycles. The second-order valence-corrected chi connectivity index (χ2v) is 8.55. The lowest BCUT2D eigenvalue weighted by Gasteiger charge is -2.32. The SMILES string of the molecule is COC(=O)c1cc(-c2cnc([C@@H]3O[C@@](C)(C(F)(F)F)[C@@H](C)[C@H]3c3ccc(F)c(F)c3OC)[nH]2)ccn1. The van der Waals surface area contributed by atoms with Crippen LogP contribution in [0.25, 0.3) is 11.3 Å². The zero-order chi connectivity index (χ0) is 26.4. The first kappa shape index (κ1) is 25.5. The molecule has 1 aromatic carbocycles. The number of carbonyl (C=O) groups is 1. The number of nitrogens with one attached hydrogen (secondary N) is 1. The summed E-state index contributed by atoms with van der Waals surface area (Å²) in [5, 5.41) is 0. The highest BCUT2D eigenvalue weighted by Crippen LogP contribution is 2.59. The first-order valence-corrected chi connectivity index (χ1v) is 10.8. The summed E-state index contributed by atoms with van der Waals surface area (Å²) in [6, 6.07) is 5.01. The Morgan fingerprint density at radius 2 is 1.89 bits per heavy atom. The second kappa shape index (κ2) is 9.16. The van der Waals surface area contributed by atoms with Gasteiger partial charge in [0.05, 0.1) is 26.1 Å². The first-order valence-electron chi connectivity index (χ1n) is 10.8. The Labute approximate surface area is 202 Å². The van der Waals surface area contributed by atoms with Gasteiger partial charge in [-0.3, -0.25) is 0 Å². The highest BCUT2D eigenvalue weighted by atomic mass is 19.4. The molecule has 1 aliphatic heterocycles. The van der Waals surface area contributed by atoms with E-state index < -0.39 is 53.1 Å². The molecule has 1 fully saturated rings. The number of alkyl halides is 3. The fraction of sp³-hybridized carbons (Fsp3) is 0.375. The predicted molar refractivity (Wildman–Crippen MR) is 116 cm³/mol. The zero-order valence-corrected chi connectivity index (χ0v) is 19.6. The topological polar surface area (TPSA) is 86.3 Å². The van der Waals surface area contributed by atoms with Crippen LogP contribution in [-0.4, -0.2) is 46.9 Å². The van der Waals surface area contributed by atoms with Crippen molar-refractivity contribution >= 4 is 5.97 Å². The van der Waals surface area contributed by atoms with E-state index in [2.05, 4.69) is 19.7 Å². The van der Waals surface area contributed by atoms with E-state index in [1.165, 1.54) is 38.6 Å². The number of hydrogen-bond acceptors (Lipinski definition) is 6. The number of aromatic nitrogens is 3. The molecule has 3 aromatic rings. The van der Waals surface area contributed by atoms with Gasteiger partial charge in [-0.25, -0.2) is 19.2 Å². The number of rotatable bonds is 5. The standard InChI is InChI=1S/C24H22F5N3O4/c1-11-17(13-5-6-14(25)18(26)19(13)34-3)20(36-23(11,2)24(27,28)29)21-31-10-16(32-21)12-7-8-30-15(9-12)22(33)35-4/h5-11,17,20H,1-4H3,(H,31,32)/t11-,17-,20+,23+/m0/s1. The molecule has 0 spiro atoms. The number of carbonyl (C=O) groups excluding carboxylic acids is 1. The van der Waals surface area contributed by atoms with Gasteiger partial charge in [-0.1, -0.05) is 13.0 Å². The van der Waals surface area contributed by atoms with Crippen molar-refractivity contribution in [2.75, 3.05) is 14.2 Å². The molecule has 1 aliphatic rings. The summed E-state index contributed by atoms with van der Waals surface area (Å²) in [4.78, 5) is 22.9. The van der Waals surface area contributed by atoms with Crippen LogP contribution in [0.4, 0.5) is 22.0 Å². The van der Waals surface area contributed by atoms with Crippen molar-refractivity contribution in [3.05, 3.63) is 65.4 Å². The Morgan fingerprint density at radius 1 is 1.17 bits per heavy atom. The number of aromatic amines is 1. The molecule has 0 aliphatic carbocycles. The molecule has 36 heavy (non-hydrogen) atoms. The molecule has 2 aromatic heterocycles. The summed E-state index contributed by atoms with van der Waals surface area (Å²) in [5.41, 5.74) is -1.76. The predicted octanol–water partition coefficient (Wildman–Crippen LogP) is 5.36. The van der Waals surface area contributed by atoms with Crippen molar-refractivity contribution in [3.63, 3.8) is 0 Å². The quantitative estimate of drug-likeness (QED) is 0.367. The highest BCUT2D eigenvalue weighted by Gasteiger charge is 2.65. The Kier molecular flexibility index (Phi) is 6.50. The zero-order valence-electron chi connectivity index (χ0n) is 19.6. The highest BCUT2D eigenvalue weighted by molar-refractivity contribution is 5.88. The average Bonchev–Trinajstić information content (AvgIpc) is 3.44. The van der Waals surface area contributed by atoms with Crippen LogP contribution < -0.4 is 4.74 Å². The second-order valence-electron chi connectivity index (χ2n) is 8.55. The summed E-state index contributed by atoms with van der Waals surface area (Å²) in [6.07, 6.45) is -3.36. The van der Waals surface area contributed by atoms with Crippen molar-refractivity contribution in [2.45, 2.75) is 37.6 Å². The molecule has 0 bridgehead atoms. The van der Waals surface area contributed by atoms with Crippen LogP contribution in [-0.2, 0) is 9.47 Å². The van der Waals surface area contributed by atoms with E-state index >= 15 is 0 Å². The molecule has 12 heteroatoms. The minimum absolute atomic E-state index is 0.0108. The number of nitrogens with zero attached hydrogens (tertiary/aromatic N) is 2. The fourth-order valence-corrected chi connectivity index (χ4v) is 4.49. The van der Waals surface area contributed by atoms with Crippen LogP contribution in [0, 0.1) is 17.6 Å². The van der Waals surface area contributed by atoms with Crippen LogP contribution in [0.15, 0.2) is 36.7 Å². The van der Waals surface area contributed by atoms with E-state index in [4.69, 9.17) is 9.47 Å². The maximum absolute atomic E-state index is 14.5. The van der Waals surface area contributed by atoms with Crippen molar-refractivity contribution in [1.29, 1.82) is 0 Å². The van der Waals surface area contributed by atoms with Gasteiger partial charge in [-0.15, -0.1) is 0 Å². The molecule has 0 radical (unpaired) electrons. The molecule has 7 nitrogen and oxygen atoms in total. The molecule has 4 atom stereocenters. The van der Waals surface area contributed by atoms with E-state index in [0.29, 0.717) is 11.3 Å². The van der Waals surface area contributed by atoms with Gasteiger partial charge in [0.1, 0.15) is 17.6 Å². The third-order valence-electron chi connectivity index (χ3n) is 6.64. The molecule has 0 unspecified atom stereocenters. The fourth-order valence-electron chi connectivity index (χ4n) is 4.49. The van der Waals surface area contributed by atoms with E-state index in [1.54, 1.807) is 6.07 Å². The summed E-state index contributed by atoms with van der Waals surface area (Å²) >= 11 is 0. The van der Waals surface area contributed by atoms with Crippen LogP contribution in [0.1, 0.15) is 47.7 Å². The molecule has 4 rings (SSSR count). The Balaban J connectivity index is 1.82. The van der Waals surface area contributed by atoms with E-state index in [0.717, 1.165) is 20.1 Å². The summed E-state index contributed by atoms with van der Waals surface area (Å²) in [7, 11) is 2.31. The van der Waals surface area contributed by atoms with Gasteiger partial charge in [-0.05, 0) is 25.1 Å². The molecule has 0 amide bonds. The monoisotopic (exact) mass is 511 g/mol. The lowest BCUT2D eigenvalue weighted by Crippen LogP contribution is -2.46. The largest absolute Gasteiger partial charge is 0.493 e. The number of ether oxygens (including phenoxy) is 3. The minimum atomic E-state index is -4.78. The van der Waals surface area contributed by atoms with Gasteiger partial charge in [0.2, 0.25) is 5.82 Å². The van der Waals surface area contributed by atoms with Gasteiger partial charge in [0.25, 0.3) is 0 Å². The lowest BCUT2D eigenvalue weighted by atomic mass is 9.77. The normalized spacial score (nSPS) is 24.1. The minimum Gasteiger partial charge on any atom is -0.493 e. The van der Waals surface area contributed by atoms with Crippen LogP contribution in [0.2, 0.25) is 0 Å². The van der Waals surface area contributed by atoms with Gasteiger partial charge in [-0.2, -0.15) is 17.6 Å². The molecule has 3 heterocycles. The third kappa shape index (κ3) is 4.08. The smallest absolute Gasteiger partial charge is 0.417 e. The number of benzene rings is 1. The summed E-state index contributed by atoms with van der Waals surface area (Å²) in [5.74, 6) is -6.00. The number of H-pyrrole nitrogens is 1. The van der Waals surface area contributed by atoms with Gasteiger partial charge < -0.3 is 19.2 Å². The summed E-state index contributed by atoms with van der Waals surface area (Å²) < 4.78 is 86.2. The van der Waals surface area contributed by atoms with E-state index in [-0.39, 0.29) is 17.1 Å². The van der Waals surface area contributed by atoms with Crippen molar-refractivity contribution in [1.82, 2.24) is 15.0 Å². The number of halogens is 5. The number of hydrogen-bond donors (Lipinski definition) is 1. The Hall–Kier alpha value is -3.54.